The highest BCUT2D eigenvalue weighted by atomic mass is 79.9. The maximum Gasteiger partial charge on any atom is 0.297 e. The van der Waals surface area contributed by atoms with Crippen molar-refractivity contribution >= 4 is 49.3 Å². The zero-order chi connectivity index (χ0) is 21.2. The number of halogens is 1. The molecule has 1 aliphatic rings. The normalized spacial score (nSPS) is 15.8. The molecule has 1 aliphatic heterocycles. The number of carbonyl (C=O) groups excluding carboxylic acids is 1. The number of nitrogens with zero attached hydrogens (tertiary/aromatic N) is 2. The van der Waals surface area contributed by atoms with Gasteiger partial charge in [-0.2, -0.15) is 0 Å². The van der Waals surface area contributed by atoms with Crippen molar-refractivity contribution in [2.24, 2.45) is 0 Å². The average molecular weight is 481 g/mol. The lowest BCUT2D eigenvalue weighted by molar-refractivity contribution is 0.0971. The third kappa shape index (κ3) is 2.84. The summed E-state index contributed by atoms with van der Waals surface area (Å²) in [6.45, 7) is 5.81. The van der Waals surface area contributed by atoms with E-state index in [1.54, 1.807) is 11.0 Å². The molecule has 150 valence electrons. The van der Waals surface area contributed by atoms with Crippen LogP contribution < -0.4 is 10.3 Å². The van der Waals surface area contributed by atoms with Crippen molar-refractivity contribution in [3.8, 4) is 0 Å². The highest BCUT2D eigenvalue weighted by Crippen LogP contribution is 2.43. The number of amides is 1. The van der Waals surface area contributed by atoms with Crippen LogP contribution in [0, 0.1) is 20.8 Å². The number of thiazole rings is 1. The fraction of sp³-hybridized carbons (Fsp3) is 0.174. The highest BCUT2D eigenvalue weighted by Gasteiger charge is 2.45. The SMILES string of the molecule is Cc1ccc2oc3c(c(=O)c2c1)[C@@H](c1ccc(Br)cc1)N(c1nc(C)c(C)s1)C3=O. The standard InChI is InChI=1S/C23H17BrN2O3S/c1-11-4-9-17-16(10-11)20(27)18-19(14-5-7-15(24)8-6-14)26(22(28)21(18)29-17)23-25-12(2)13(3)30-23/h4-10,19H,1-3H3/t19-/m1/s1. The molecule has 2 aromatic heterocycles. The van der Waals surface area contributed by atoms with Gasteiger partial charge in [0.05, 0.1) is 22.7 Å². The van der Waals surface area contributed by atoms with Crippen LogP contribution in [-0.2, 0) is 0 Å². The molecule has 3 heterocycles. The lowest BCUT2D eigenvalue weighted by Crippen LogP contribution is -2.29. The molecule has 0 saturated heterocycles. The topological polar surface area (TPSA) is 63.4 Å². The largest absolute Gasteiger partial charge is 0.450 e. The van der Waals surface area contributed by atoms with Crippen molar-refractivity contribution in [1.29, 1.82) is 0 Å². The van der Waals surface area contributed by atoms with Gasteiger partial charge < -0.3 is 4.42 Å². The maximum atomic E-state index is 13.6. The summed E-state index contributed by atoms with van der Waals surface area (Å²) < 4.78 is 6.91. The Labute approximate surface area is 185 Å². The molecule has 0 bridgehead atoms. The van der Waals surface area contributed by atoms with Gasteiger partial charge in [0.15, 0.2) is 10.6 Å². The number of hydrogen-bond donors (Lipinski definition) is 0. The number of aromatic nitrogens is 1. The maximum absolute atomic E-state index is 13.6. The number of anilines is 1. The lowest BCUT2D eigenvalue weighted by Gasteiger charge is -2.22. The third-order valence-electron chi connectivity index (χ3n) is 5.43. The van der Waals surface area contributed by atoms with Crippen LogP contribution in [0.5, 0.6) is 0 Å². The number of benzene rings is 2. The van der Waals surface area contributed by atoms with E-state index in [0.717, 1.165) is 26.2 Å². The molecule has 0 saturated carbocycles. The quantitative estimate of drug-likeness (QED) is 0.369. The van der Waals surface area contributed by atoms with E-state index in [1.165, 1.54) is 11.3 Å². The summed E-state index contributed by atoms with van der Waals surface area (Å²) >= 11 is 4.90. The predicted molar refractivity (Wildman–Crippen MR) is 122 cm³/mol. The van der Waals surface area contributed by atoms with Gasteiger partial charge in [0.25, 0.3) is 5.91 Å². The van der Waals surface area contributed by atoms with Crippen LogP contribution in [0.1, 0.15) is 43.9 Å². The van der Waals surface area contributed by atoms with Crippen LogP contribution >= 0.6 is 27.3 Å². The molecular formula is C23H17BrN2O3S. The van der Waals surface area contributed by atoms with E-state index >= 15 is 0 Å². The molecule has 30 heavy (non-hydrogen) atoms. The minimum atomic E-state index is -0.591. The summed E-state index contributed by atoms with van der Waals surface area (Å²) in [5.41, 5.74) is 3.26. The number of rotatable bonds is 2. The Hall–Kier alpha value is -2.77. The van der Waals surface area contributed by atoms with Crippen LogP contribution in [0.4, 0.5) is 5.13 Å². The fourth-order valence-electron chi connectivity index (χ4n) is 3.80. The molecule has 4 aromatic rings. The predicted octanol–water partition coefficient (Wildman–Crippen LogP) is 5.69. The van der Waals surface area contributed by atoms with Crippen molar-refractivity contribution in [3.05, 3.63) is 90.2 Å². The first kappa shape index (κ1) is 19.2. The first-order valence-electron chi connectivity index (χ1n) is 9.45. The van der Waals surface area contributed by atoms with Gasteiger partial charge >= 0.3 is 0 Å². The number of fused-ring (bicyclic) bond motifs is 2. The monoisotopic (exact) mass is 480 g/mol. The molecule has 0 N–H and O–H groups in total. The number of carbonyl (C=O) groups is 1. The average Bonchev–Trinajstić information content (AvgIpc) is 3.20. The summed E-state index contributed by atoms with van der Waals surface area (Å²) in [5.74, 6) is -0.249. The summed E-state index contributed by atoms with van der Waals surface area (Å²) in [7, 11) is 0. The lowest BCUT2D eigenvalue weighted by atomic mass is 9.98. The minimum absolute atomic E-state index is 0.0924. The van der Waals surface area contributed by atoms with Crippen molar-refractivity contribution < 1.29 is 9.21 Å². The van der Waals surface area contributed by atoms with Gasteiger partial charge in [0.1, 0.15) is 5.58 Å². The Kier molecular flexibility index (Phi) is 4.41. The molecule has 1 atom stereocenters. The molecule has 5 rings (SSSR count). The van der Waals surface area contributed by atoms with E-state index < -0.39 is 6.04 Å². The Morgan fingerprint density at radius 2 is 1.80 bits per heavy atom. The van der Waals surface area contributed by atoms with Crippen LogP contribution in [0.2, 0.25) is 0 Å². The second-order valence-corrected chi connectivity index (χ2v) is 9.54. The van der Waals surface area contributed by atoms with Gasteiger partial charge in [-0.15, -0.1) is 11.3 Å². The Morgan fingerprint density at radius 1 is 1.07 bits per heavy atom. The summed E-state index contributed by atoms with van der Waals surface area (Å²) in [6, 6.07) is 12.5. The van der Waals surface area contributed by atoms with Crippen LogP contribution in [-0.4, -0.2) is 10.9 Å². The first-order valence-corrected chi connectivity index (χ1v) is 11.1. The van der Waals surface area contributed by atoms with Gasteiger partial charge in [0, 0.05) is 9.35 Å². The molecule has 7 heteroatoms. The second kappa shape index (κ2) is 6.89. The van der Waals surface area contributed by atoms with Crippen LogP contribution in [0.15, 0.2) is 56.1 Å². The van der Waals surface area contributed by atoms with Gasteiger partial charge in [-0.1, -0.05) is 39.7 Å². The molecule has 0 unspecified atom stereocenters. The molecule has 1 amide bonds. The third-order valence-corrected chi connectivity index (χ3v) is 7.04. The van der Waals surface area contributed by atoms with Crippen molar-refractivity contribution in [2.45, 2.75) is 26.8 Å². The Balaban J connectivity index is 1.82. The zero-order valence-corrected chi connectivity index (χ0v) is 18.9. The van der Waals surface area contributed by atoms with E-state index in [1.807, 2.05) is 57.2 Å². The molecule has 0 radical (unpaired) electrons. The van der Waals surface area contributed by atoms with E-state index in [0.29, 0.717) is 21.7 Å². The summed E-state index contributed by atoms with van der Waals surface area (Å²) in [5, 5.41) is 1.05. The zero-order valence-electron chi connectivity index (χ0n) is 16.5. The van der Waals surface area contributed by atoms with Gasteiger partial charge in [-0.3, -0.25) is 14.5 Å². The van der Waals surface area contributed by atoms with E-state index in [4.69, 9.17) is 4.42 Å². The van der Waals surface area contributed by atoms with E-state index in [2.05, 4.69) is 20.9 Å². The molecule has 5 nitrogen and oxygen atoms in total. The summed E-state index contributed by atoms with van der Waals surface area (Å²) in [6.07, 6.45) is 0. The Bertz CT molecular complexity index is 1370. The molecule has 2 aromatic carbocycles. The smallest absolute Gasteiger partial charge is 0.297 e. The fourth-order valence-corrected chi connectivity index (χ4v) is 5.00. The Morgan fingerprint density at radius 3 is 2.47 bits per heavy atom. The van der Waals surface area contributed by atoms with Crippen LogP contribution in [0.3, 0.4) is 0 Å². The van der Waals surface area contributed by atoms with Gasteiger partial charge in [0.2, 0.25) is 5.76 Å². The van der Waals surface area contributed by atoms with Crippen molar-refractivity contribution in [1.82, 2.24) is 4.98 Å². The molecular weight excluding hydrogens is 464 g/mol. The number of hydrogen-bond acceptors (Lipinski definition) is 5. The van der Waals surface area contributed by atoms with Gasteiger partial charge in [-0.25, -0.2) is 4.98 Å². The number of aryl methyl sites for hydroxylation is 3. The second-order valence-electron chi connectivity index (χ2n) is 7.44. The van der Waals surface area contributed by atoms with Crippen LogP contribution in [0.25, 0.3) is 11.0 Å². The highest BCUT2D eigenvalue weighted by molar-refractivity contribution is 9.10. The van der Waals surface area contributed by atoms with Gasteiger partial charge in [-0.05, 0) is 50.6 Å². The van der Waals surface area contributed by atoms with Crippen molar-refractivity contribution in [2.75, 3.05) is 4.90 Å². The minimum Gasteiger partial charge on any atom is -0.450 e. The molecule has 0 spiro atoms. The molecule has 0 aliphatic carbocycles. The molecule has 0 fully saturated rings. The van der Waals surface area contributed by atoms with E-state index in [-0.39, 0.29) is 17.1 Å². The first-order chi connectivity index (χ1) is 14.3. The summed E-state index contributed by atoms with van der Waals surface area (Å²) in [4.78, 5) is 34.3. The van der Waals surface area contributed by atoms with E-state index in [9.17, 15) is 9.59 Å². The van der Waals surface area contributed by atoms with Crippen molar-refractivity contribution in [3.63, 3.8) is 0 Å².